The standard InChI is InChI=1S/C17H27N3O/c1-6-15-9-16(7-2)20(19-15)11-14-8-17(21-13(14)5)10-18-12(3)4/h8-9,12,18H,6-7,10-11H2,1-5H3. The first-order valence-corrected chi connectivity index (χ1v) is 7.90. The number of aryl methyl sites for hydroxylation is 3. The van der Waals surface area contributed by atoms with E-state index in [2.05, 4.69) is 54.9 Å². The van der Waals surface area contributed by atoms with Crippen LogP contribution >= 0.6 is 0 Å². The first-order chi connectivity index (χ1) is 10.0. The van der Waals surface area contributed by atoms with Crippen LogP contribution in [0.3, 0.4) is 0 Å². The van der Waals surface area contributed by atoms with Crippen molar-refractivity contribution in [3.63, 3.8) is 0 Å². The van der Waals surface area contributed by atoms with Gasteiger partial charge in [-0.05, 0) is 31.9 Å². The van der Waals surface area contributed by atoms with Crippen molar-refractivity contribution in [3.8, 4) is 0 Å². The Balaban J connectivity index is 2.14. The summed E-state index contributed by atoms with van der Waals surface area (Å²) < 4.78 is 7.95. The summed E-state index contributed by atoms with van der Waals surface area (Å²) in [6.07, 6.45) is 1.99. The Hall–Kier alpha value is -1.55. The average molecular weight is 289 g/mol. The molecule has 4 nitrogen and oxygen atoms in total. The highest BCUT2D eigenvalue weighted by atomic mass is 16.3. The minimum atomic E-state index is 0.462. The number of rotatable bonds is 7. The van der Waals surface area contributed by atoms with E-state index in [1.54, 1.807) is 0 Å². The van der Waals surface area contributed by atoms with E-state index in [1.165, 1.54) is 11.3 Å². The Kier molecular flexibility index (Phi) is 5.23. The largest absolute Gasteiger partial charge is 0.465 e. The van der Waals surface area contributed by atoms with E-state index in [1.807, 2.05) is 6.92 Å². The van der Waals surface area contributed by atoms with Crippen LogP contribution < -0.4 is 5.32 Å². The molecular formula is C17H27N3O. The van der Waals surface area contributed by atoms with Crippen molar-refractivity contribution in [2.75, 3.05) is 0 Å². The van der Waals surface area contributed by atoms with Gasteiger partial charge in [0.05, 0.1) is 18.8 Å². The van der Waals surface area contributed by atoms with Crippen molar-refractivity contribution in [1.82, 2.24) is 15.1 Å². The van der Waals surface area contributed by atoms with Crippen LogP contribution in [0.2, 0.25) is 0 Å². The molecule has 0 atom stereocenters. The maximum Gasteiger partial charge on any atom is 0.118 e. The highest BCUT2D eigenvalue weighted by Crippen LogP contribution is 2.17. The van der Waals surface area contributed by atoms with Crippen LogP contribution in [0.4, 0.5) is 0 Å². The maximum atomic E-state index is 5.84. The second kappa shape index (κ2) is 6.94. The number of hydrogen-bond acceptors (Lipinski definition) is 3. The van der Waals surface area contributed by atoms with Crippen LogP contribution in [-0.2, 0) is 25.9 Å². The molecule has 2 heterocycles. The number of aromatic nitrogens is 2. The highest BCUT2D eigenvalue weighted by Gasteiger charge is 2.11. The van der Waals surface area contributed by atoms with Crippen molar-refractivity contribution in [2.45, 2.75) is 66.6 Å². The third-order valence-corrected chi connectivity index (χ3v) is 3.71. The van der Waals surface area contributed by atoms with Gasteiger partial charge in [-0.15, -0.1) is 0 Å². The van der Waals surface area contributed by atoms with Crippen LogP contribution in [0.1, 0.15) is 56.2 Å². The minimum absolute atomic E-state index is 0.462. The highest BCUT2D eigenvalue weighted by molar-refractivity contribution is 5.22. The van der Waals surface area contributed by atoms with E-state index in [9.17, 15) is 0 Å². The number of furan rings is 1. The van der Waals surface area contributed by atoms with Crippen molar-refractivity contribution in [3.05, 3.63) is 40.6 Å². The normalized spacial score (nSPS) is 11.5. The summed E-state index contributed by atoms with van der Waals surface area (Å²) in [5, 5.41) is 8.06. The molecule has 0 radical (unpaired) electrons. The Morgan fingerprint density at radius 3 is 2.62 bits per heavy atom. The molecule has 21 heavy (non-hydrogen) atoms. The lowest BCUT2D eigenvalue weighted by Crippen LogP contribution is -2.21. The summed E-state index contributed by atoms with van der Waals surface area (Å²) in [6.45, 7) is 12.2. The molecule has 0 fully saturated rings. The summed E-state index contributed by atoms with van der Waals surface area (Å²) in [5.74, 6) is 1.99. The summed E-state index contributed by atoms with van der Waals surface area (Å²) in [5.41, 5.74) is 3.67. The molecule has 2 aromatic heterocycles. The zero-order valence-electron chi connectivity index (χ0n) is 13.9. The third kappa shape index (κ3) is 3.97. The van der Waals surface area contributed by atoms with Crippen LogP contribution in [0.5, 0.6) is 0 Å². The summed E-state index contributed by atoms with van der Waals surface area (Å²) in [6, 6.07) is 4.82. The maximum absolute atomic E-state index is 5.84. The van der Waals surface area contributed by atoms with E-state index in [0.29, 0.717) is 6.04 Å². The lowest BCUT2D eigenvalue weighted by Gasteiger charge is -2.05. The Morgan fingerprint density at radius 1 is 1.24 bits per heavy atom. The van der Waals surface area contributed by atoms with Gasteiger partial charge < -0.3 is 9.73 Å². The van der Waals surface area contributed by atoms with Gasteiger partial charge in [-0.2, -0.15) is 5.10 Å². The van der Waals surface area contributed by atoms with Crippen molar-refractivity contribution >= 4 is 0 Å². The van der Waals surface area contributed by atoms with E-state index in [0.717, 1.165) is 43.1 Å². The van der Waals surface area contributed by atoms with Gasteiger partial charge in [-0.1, -0.05) is 27.7 Å². The van der Waals surface area contributed by atoms with Crippen molar-refractivity contribution in [1.29, 1.82) is 0 Å². The molecule has 0 spiro atoms. The SMILES string of the molecule is CCc1cc(CC)n(Cc2cc(CNC(C)C)oc2C)n1. The second-order valence-corrected chi connectivity index (χ2v) is 5.82. The topological polar surface area (TPSA) is 43.0 Å². The predicted molar refractivity (Wildman–Crippen MR) is 85.5 cm³/mol. The molecule has 0 aliphatic rings. The van der Waals surface area contributed by atoms with E-state index in [4.69, 9.17) is 4.42 Å². The van der Waals surface area contributed by atoms with E-state index >= 15 is 0 Å². The summed E-state index contributed by atoms with van der Waals surface area (Å²) in [7, 11) is 0. The average Bonchev–Trinajstić information content (AvgIpc) is 3.01. The van der Waals surface area contributed by atoms with E-state index in [-0.39, 0.29) is 0 Å². The number of nitrogens with zero attached hydrogens (tertiary/aromatic N) is 2. The molecule has 2 rings (SSSR count). The number of nitrogens with one attached hydrogen (secondary N) is 1. The van der Waals surface area contributed by atoms with Crippen molar-refractivity contribution < 1.29 is 4.42 Å². The smallest absolute Gasteiger partial charge is 0.118 e. The third-order valence-electron chi connectivity index (χ3n) is 3.71. The van der Waals surface area contributed by atoms with Gasteiger partial charge in [0.25, 0.3) is 0 Å². The second-order valence-electron chi connectivity index (χ2n) is 5.82. The van der Waals surface area contributed by atoms with Crippen LogP contribution in [0.15, 0.2) is 16.5 Å². The molecule has 0 saturated heterocycles. The zero-order valence-corrected chi connectivity index (χ0v) is 13.9. The van der Waals surface area contributed by atoms with Gasteiger partial charge in [-0.3, -0.25) is 4.68 Å². The summed E-state index contributed by atoms with van der Waals surface area (Å²) in [4.78, 5) is 0. The minimum Gasteiger partial charge on any atom is -0.465 e. The fraction of sp³-hybridized carbons (Fsp3) is 0.588. The van der Waals surface area contributed by atoms with Crippen LogP contribution in [-0.4, -0.2) is 15.8 Å². The molecule has 0 aromatic carbocycles. The van der Waals surface area contributed by atoms with Gasteiger partial charge in [0.1, 0.15) is 11.5 Å². The Labute approximate surface area is 127 Å². The van der Waals surface area contributed by atoms with Crippen molar-refractivity contribution in [2.24, 2.45) is 0 Å². The molecule has 0 unspecified atom stereocenters. The Morgan fingerprint density at radius 2 is 2.00 bits per heavy atom. The molecule has 116 valence electrons. The van der Waals surface area contributed by atoms with Gasteiger partial charge >= 0.3 is 0 Å². The quantitative estimate of drug-likeness (QED) is 0.849. The predicted octanol–water partition coefficient (Wildman–Crippen LogP) is 3.46. The molecule has 0 bridgehead atoms. The molecule has 1 N–H and O–H groups in total. The first-order valence-electron chi connectivity index (χ1n) is 7.90. The first kappa shape index (κ1) is 15.8. The molecule has 4 heteroatoms. The fourth-order valence-electron chi connectivity index (χ4n) is 2.41. The summed E-state index contributed by atoms with van der Waals surface area (Å²) >= 11 is 0. The molecule has 0 aliphatic heterocycles. The fourth-order valence-corrected chi connectivity index (χ4v) is 2.41. The Bertz CT molecular complexity index is 581. The zero-order chi connectivity index (χ0) is 15.4. The van der Waals surface area contributed by atoms with Gasteiger partial charge in [0.15, 0.2) is 0 Å². The molecular weight excluding hydrogens is 262 g/mol. The van der Waals surface area contributed by atoms with Gasteiger partial charge in [-0.25, -0.2) is 0 Å². The lowest BCUT2D eigenvalue weighted by molar-refractivity contribution is 0.445. The number of hydrogen-bond donors (Lipinski definition) is 1. The van der Waals surface area contributed by atoms with Gasteiger partial charge in [0, 0.05) is 17.3 Å². The monoisotopic (exact) mass is 289 g/mol. The van der Waals surface area contributed by atoms with Crippen LogP contribution in [0, 0.1) is 6.92 Å². The molecule has 0 aliphatic carbocycles. The molecule has 2 aromatic rings. The molecule has 0 saturated carbocycles. The van der Waals surface area contributed by atoms with Crippen LogP contribution in [0.25, 0.3) is 0 Å². The van der Waals surface area contributed by atoms with E-state index < -0.39 is 0 Å². The van der Waals surface area contributed by atoms with Gasteiger partial charge in [0.2, 0.25) is 0 Å². The molecule has 0 amide bonds. The lowest BCUT2D eigenvalue weighted by atomic mass is 10.2.